The highest BCUT2D eigenvalue weighted by molar-refractivity contribution is 5.94. The first-order valence-corrected chi connectivity index (χ1v) is 9.26. The first-order chi connectivity index (χ1) is 12.7. The summed E-state index contributed by atoms with van der Waals surface area (Å²) in [6.45, 7) is 1.62. The van der Waals surface area contributed by atoms with Gasteiger partial charge in [-0.1, -0.05) is 6.07 Å². The Morgan fingerprint density at radius 1 is 1.31 bits per heavy atom. The molecule has 136 valence electrons. The van der Waals surface area contributed by atoms with Crippen molar-refractivity contribution in [2.75, 3.05) is 13.1 Å². The maximum Gasteiger partial charge on any atom is 0.261 e. The van der Waals surface area contributed by atoms with Crippen LogP contribution >= 0.6 is 0 Å². The zero-order valence-electron chi connectivity index (χ0n) is 14.7. The van der Waals surface area contributed by atoms with E-state index in [1.165, 1.54) is 0 Å². The van der Waals surface area contributed by atoms with E-state index in [-0.39, 0.29) is 23.1 Å². The minimum absolute atomic E-state index is 0.0248. The number of hydrogen-bond donors (Lipinski definition) is 1. The van der Waals surface area contributed by atoms with Crippen LogP contribution in [0.4, 0.5) is 0 Å². The quantitative estimate of drug-likeness (QED) is 0.913. The van der Waals surface area contributed by atoms with Gasteiger partial charge in [-0.25, -0.2) is 0 Å². The van der Waals surface area contributed by atoms with Crippen molar-refractivity contribution < 1.29 is 9.53 Å². The molecular weight excluding hydrogens is 330 g/mol. The standard InChI is InChI=1S/C20H23N3O3/c24-19-17(11-14-5-3-8-18(14)22-19)20(25)23-10-4-7-16(12-23)26-13-15-6-1-2-9-21-15/h1-2,6,9,11,16H,3-5,7-8,10,12-13H2,(H,22,24). The number of ether oxygens (including phenoxy) is 1. The molecule has 1 fully saturated rings. The van der Waals surface area contributed by atoms with Crippen molar-refractivity contribution in [2.24, 2.45) is 0 Å². The van der Waals surface area contributed by atoms with E-state index in [9.17, 15) is 9.59 Å². The number of piperidine rings is 1. The molecule has 6 heteroatoms. The van der Waals surface area contributed by atoms with Gasteiger partial charge in [0.1, 0.15) is 5.56 Å². The third-order valence-electron chi connectivity index (χ3n) is 5.18. The fourth-order valence-electron chi connectivity index (χ4n) is 3.79. The molecule has 1 unspecified atom stereocenters. The Kier molecular flexibility index (Phi) is 4.84. The Labute approximate surface area is 152 Å². The third kappa shape index (κ3) is 3.55. The van der Waals surface area contributed by atoms with E-state index in [1.807, 2.05) is 18.2 Å². The molecule has 0 bridgehead atoms. The lowest BCUT2D eigenvalue weighted by Crippen LogP contribution is -2.44. The minimum Gasteiger partial charge on any atom is -0.370 e. The number of carbonyl (C=O) groups is 1. The van der Waals surface area contributed by atoms with Crippen molar-refractivity contribution in [1.82, 2.24) is 14.9 Å². The molecule has 2 aliphatic rings. The smallest absolute Gasteiger partial charge is 0.261 e. The molecule has 1 amide bonds. The average Bonchev–Trinajstić information content (AvgIpc) is 3.13. The normalized spacial score (nSPS) is 19.4. The number of nitrogens with one attached hydrogen (secondary N) is 1. The summed E-state index contributed by atoms with van der Waals surface area (Å²) in [6, 6.07) is 7.53. The van der Waals surface area contributed by atoms with Gasteiger partial charge in [0.15, 0.2) is 0 Å². The van der Waals surface area contributed by atoms with Gasteiger partial charge in [0.25, 0.3) is 11.5 Å². The van der Waals surface area contributed by atoms with Crippen molar-refractivity contribution >= 4 is 5.91 Å². The molecule has 0 spiro atoms. The van der Waals surface area contributed by atoms with Gasteiger partial charge in [0.05, 0.1) is 18.4 Å². The Balaban J connectivity index is 1.43. The van der Waals surface area contributed by atoms with Crippen LogP contribution in [0.2, 0.25) is 0 Å². The van der Waals surface area contributed by atoms with Gasteiger partial charge in [-0.05, 0) is 55.9 Å². The molecule has 0 aromatic carbocycles. The lowest BCUT2D eigenvalue weighted by Gasteiger charge is -2.32. The molecule has 2 aromatic heterocycles. The molecular formula is C20H23N3O3. The third-order valence-corrected chi connectivity index (χ3v) is 5.18. The van der Waals surface area contributed by atoms with Gasteiger partial charge < -0.3 is 14.6 Å². The molecule has 0 saturated carbocycles. The molecule has 1 atom stereocenters. The molecule has 1 saturated heterocycles. The number of likely N-dealkylation sites (tertiary alicyclic amines) is 1. The maximum absolute atomic E-state index is 12.9. The van der Waals surface area contributed by atoms with Gasteiger partial charge in [-0.2, -0.15) is 0 Å². The van der Waals surface area contributed by atoms with Crippen molar-refractivity contribution in [3.05, 3.63) is 63.3 Å². The summed E-state index contributed by atoms with van der Waals surface area (Å²) >= 11 is 0. The molecule has 4 rings (SSSR count). The van der Waals surface area contributed by atoms with E-state index in [2.05, 4.69) is 9.97 Å². The molecule has 1 aliphatic carbocycles. The molecule has 1 N–H and O–H groups in total. The monoisotopic (exact) mass is 353 g/mol. The van der Waals surface area contributed by atoms with Crippen LogP contribution in [0.25, 0.3) is 0 Å². The summed E-state index contributed by atoms with van der Waals surface area (Å²) in [7, 11) is 0. The second-order valence-electron chi connectivity index (χ2n) is 7.02. The minimum atomic E-state index is -0.271. The van der Waals surface area contributed by atoms with Crippen LogP contribution in [-0.4, -0.2) is 40.0 Å². The van der Waals surface area contributed by atoms with E-state index in [4.69, 9.17) is 4.74 Å². The first-order valence-electron chi connectivity index (χ1n) is 9.26. The molecule has 0 radical (unpaired) electrons. The number of carbonyl (C=O) groups excluding carboxylic acids is 1. The number of aryl methyl sites for hydroxylation is 2. The summed E-state index contributed by atoms with van der Waals surface area (Å²) < 4.78 is 5.95. The predicted octanol–water partition coefficient (Wildman–Crippen LogP) is 2.08. The highest BCUT2D eigenvalue weighted by Crippen LogP contribution is 2.21. The van der Waals surface area contributed by atoms with Crippen molar-refractivity contribution in [2.45, 2.75) is 44.8 Å². The number of fused-ring (bicyclic) bond motifs is 1. The number of hydrogen-bond acceptors (Lipinski definition) is 4. The van der Waals surface area contributed by atoms with Crippen LogP contribution in [-0.2, 0) is 24.2 Å². The molecule has 1 aliphatic heterocycles. The average molecular weight is 353 g/mol. The highest BCUT2D eigenvalue weighted by Gasteiger charge is 2.27. The van der Waals surface area contributed by atoms with Gasteiger partial charge in [-0.3, -0.25) is 14.6 Å². The Hall–Kier alpha value is -2.47. The molecule has 3 heterocycles. The van der Waals surface area contributed by atoms with Crippen LogP contribution in [0.3, 0.4) is 0 Å². The maximum atomic E-state index is 12.9. The van der Waals surface area contributed by atoms with Crippen LogP contribution in [0.5, 0.6) is 0 Å². The zero-order chi connectivity index (χ0) is 17.9. The second-order valence-corrected chi connectivity index (χ2v) is 7.02. The number of nitrogens with zero attached hydrogens (tertiary/aromatic N) is 2. The SMILES string of the molecule is O=C(c1cc2c([nH]c1=O)CCC2)N1CCCC(OCc2ccccn2)C1. The van der Waals surface area contributed by atoms with E-state index < -0.39 is 0 Å². The Morgan fingerprint density at radius 3 is 3.08 bits per heavy atom. The van der Waals surface area contributed by atoms with E-state index in [0.717, 1.165) is 49.1 Å². The number of H-pyrrole nitrogens is 1. The second kappa shape index (κ2) is 7.41. The van der Waals surface area contributed by atoms with Crippen molar-refractivity contribution in [3.63, 3.8) is 0 Å². The first kappa shape index (κ1) is 17.0. The Bertz CT molecular complexity index is 847. The van der Waals surface area contributed by atoms with E-state index in [0.29, 0.717) is 19.7 Å². The van der Waals surface area contributed by atoms with E-state index in [1.54, 1.807) is 17.2 Å². The number of aromatic amines is 1. The van der Waals surface area contributed by atoms with Gasteiger partial charge in [0.2, 0.25) is 0 Å². The number of aromatic nitrogens is 2. The summed E-state index contributed by atoms with van der Waals surface area (Å²) in [5, 5.41) is 0. The van der Waals surface area contributed by atoms with Crippen LogP contribution < -0.4 is 5.56 Å². The van der Waals surface area contributed by atoms with Gasteiger partial charge in [-0.15, -0.1) is 0 Å². The summed E-state index contributed by atoms with van der Waals surface area (Å²) in [4.78, 5) is 34.1. The molecule has 26 heavy (non-hydrogen) atoms. The fourth-order valence-corrected chi connectivity index (χ4v) is 3.79. The van der Waals surface area contributed by atoms with Crippen LogP contribution in [0.15, 0.2) is 35.3 Å². The number of pyridine rings is 2. The molecule has 6 nitrogen and oxygen atoms in total. The Morgan fingerprint density at radius 2 is 2.23 bits per heavy atom. The van der Waals surface area contributed by atoms with Crippen LogP contribution in [0.1, 0.15) is 46.6 Å². The van der Waals surface area contributed by atoms with Gasteiger partial charge >= 0.3 is 0 Å². The summed E-state index contributed by atoms with van der Waals surface area (Å²) in [5.41, 5.74) is 2.96. The van der Waals surface area contributed by atoms with Crippen LogP contribution in [0, 0.1) is 0 Å². The fraction of sp³-hybridized carbons (Fsp3) is 0.450. The largest absolute Gasteiger partial charge is 0.370 e. The van der Waals surface area contributed by atoms with Gasteiger partial charge in [0, 0.05) is 25.0 Å². The lowest BCUT2D eigenvalue weighted by atomic mass is 10.1. The number of amides is 1. The van der Waals surface area contributed by atoms with Crippen molar-refractivity contribution in [1.29, 1.82) is 0 Å². The highest BCUT2D eigenvalue weighted by atomic mass is 16.5. The van der Waals surface area contributed by atoms with E-state index >= 15 is 0 Å². The summed E-state index contributed by atoms with van der Waals surface area (Å²) in [5.74, 6) is -0.188. The predicted molar refractivity (Wildman–Crippen MR) is 97.0 cm³/mol. The molecule has 2 aromatic rings. The topological polar surface area (TPSA) is 75.3 Å². The lowest BCUT2D eigenvalue weighted by molar-refractivity contribution is -0.00790. The van der Waals surface area contributed by atoms with Crippen molar-refractivity contribution in [3.8, 4) is 0 Å². The number of rotatable bonds is 4. The summed E-state index contributed by atoms with van der Waals surface area (Å²) in [6.07, 6.45) is 6.38. The zero-order valence-corrected chi connectivity index (χ0v) is 14.7.